The van der Waals surface area contributed by atoms with Gasteiger partial charge in [-0.15, -0.1) is 5.10 Å². The van der Waals surface area contributed by atoms with Crippen LogP contribution in [0.3, 0.4) is 0 Å². The van der Waals surface area contributed by atoms with Crippen LogP contribution in [0, 0.1) is 5.92 Å². The lowest BCUT2D eigenvalue weighted by molar-refractivity contribution is 0.462. The number of rotatable bonds is 3. The molecule has 11 heavy (non-hydrogen) atoms. The van der Waals surface area contributed by atoms with Gasteiger partial charge in [-0.3, -0.25) is 0 Å². The van der Waals surface area contributed by atoms with Crippen LogP contribution in [-0.2, 0) is 6.42 Å². The van der Waals surface area contributed by atoms with Crippen LogP contribution < -0.4 is 0 Å². The van der Waals surface area contributed by atoms with Crippen LogP contribution in [0.4, 0.5) is 0 Å². The molecule has 0 aliphatic carbocycles. The Morgan fingerprint density at radius 1 is 1.45 bits per heavy atom. The van der Waals surface area contributed by atoms with E-state index in [0.717, 1.165) is 12.8 Å². The largest absolute Gasteiger partial charge is 0.412 e. The summed E-state index contributed by atoms with van der Waals surface area (Å²) in [6.07, 6.45) is 1.87. The third kappa shape index (κ3) is 2.89. The van der Waals surface area contributed by atoms with Gasteiger partial charge in [-0.2, -0.15) is 0 Å². The average Bonchev–Trinajstić information content (AvgIpc) is 2.31. The molecule has 0 saturated heterocycles. The maximum Gasteiger partial charge on any atom is 0.312 e. The van der Waals surface area contributed by atoms with Crippen LogP contribution in [0.5, 0.6) is 0 Å². The van der Waals surface area contributed by atoms with Crippen LogP contribution >= 0.6 is 11.6 Å². The Labute approximate surface area is 70.8 Å². The second-order valence-corrected chi connectivity index (χ2v) is 3.20. The van der Waals surface area contributed by atoms with Crippen LogP contribution in [0.25, 0.3) is 0 Å². The molecule has 0 bridgehead atoms. The van der Waals surface area contributed by atoms with Gasteiger partial charge >= 0.3 is 5.35 Å². The lowest BCUT2D eigenvalue weighted by Gasteiger charge is -1.98. The molecule has 3 nitrogen and oxygen atoms in total. The third-order valence-electron chi connectivity index (χ3n) is 1.38. The van der Waals surface area contributed by atoms with Crippen molar-refractivity contribution >= 4 is 11.6 Å². The summed E-state index contributed by atoms with van der Waals surface area (Å²) < 4.78 is 4.98. The van der Waals surface area contributed by atoms with Crippen molar-refractivity contribution in [2.45, 2.75) is 26.7 Å². The highest BCUT2D eigenvalue weighted by molar-refractivity contribution is 6.27. The first-order valence-corrected chi connectivity index (χ1v) is 4.04. The van der Waals surface area contributed by atoms with Gasteiger partial charge in [-0.25, -0.2) is 0 Å². The van der Waals surface area contributed by atoms with Gasteiger partial charge in [-0.1, -0.05) is 18.9 Å². The van der Waals surface area contributed by atoms with E-state index in [0.29, 0.717) is 11.8 Å². The van der Waals surface area contributed by atoms with Crippen molar-refractivity contribution in [2.75, 3.05) is 0 Å². The molecule has 0 N–H and O–H groups in total. The molecular weight excluding hydrogens is 164 g/mol. The Morgan fingerprint density at radius 2 is 2.18 bits per heavy atom. The van der Waals surface area contributed by atoms with E-state index in [2.05, 4.69) is 24.0 Å². The van der Waals surface area contributed by atoms with Crippen molar-refractivity contribution in [3.8, 4) is 0 Å². The average molecular weight is 175 g/mol. The Morgan fingerprint density at radius 3 is 2.64 bits per heavy atom. The summed E-state index contributed by atoms with van der Waals surface area (Å²) >= 11 is 5.44. The monoisotopic (exact) mass is 174 g/mol. The topological polar surface area (TPSA) is 38.9 Å². The highest BCUT2D eigenvalue weighted by atomic mass is 35.5. The van der Waals surface area contributed by atoms with Gasteiger partial charge in [0.25, 0.3) is 0 Å². The molecule has 1 aromatic heterocycles. The normalized spacial score (nSPS) is 10.9. The molecular formula is C7H11ClN2O. The Balaban J connectivity index is 2.39. The quantitative estimate of drug-likeness (QED) is 0.706. The molecule has 1 rings (SSSR count). The van der Waals surface area contributed by atoms with Gasteiger partial charge in [0.05, 0.1) is 0 Å². The van der Waals surface area contributed by atoms with Gasteiger partial charge in [0.1, 0.15) is 0 Å². The first-order chi connectivity index (χ1) is 5.18. The second-order valence-electron chi connectivity index (χ2n) is 2.88. The molecule has 1 aromatic rings. The van der Waals surface area contributed by atoms with Crippen LogP contribution in [0.2, 0.25) is 5.35 Å². The standard InChI is InChI=1S/C7H11ClN2O/c1-5(2)3-4-6-9-10-7(8)11-6/h5H,3-4H2,1-2H3. The first kappa shape index (κ1) is 8.53. The number of aryl methyl sites for hydroxylation is 1. The maximum atomic E-state index is 5.44. The minimum atomic E-state index is 0.128. The summed E-state index contributed by atoms with van der Waals surface area (Å²) in [5, 5.41) is 7.41. The molecule has 0 fully saturated rings. The molecule has 0 radical (unpaired) electrons. The van der Waals surface area contributed by atoms with Crippen molar-refractivity contribution in [1.29, 1.82) is 0 Å². The highest BCUT2D eigenvalue weighted by Crippen LogP contribution is 2.10. The highest BCUT2D eigenvalue weighted by Gasteiger charge is 2.03. The molecule has 62 valence electrons. The SMILES string of the molecule is CC(C)CCc1nnc(Cl)o1. The first-order valence-electron chi connectivity index (χ1n) is 3.66. The van der Waals surface area contributed by atoms with Gasteiger partial charge < -0.3 is 4.42 Å². The lowest BCUT2D eigenvalue weighted by atomic mass is 10.1. The molecule has 1 heterocycles. The van der Waals surface area contributed by atoms with Gasteiger partial charge in [0, 0.05) is 6.42 Å². The third-order valence-corrected chi connectivity index (χ3v) is 1.53. The minimum Gasteiger partial charge on any atom is -0.412 e. The van der Waals surface area contributed by atoms with Gasteiger partial charge in [-0.05, 0) is 23.9 Å². The Bertz CT molecular complexity index is 222. The molecule has 4 heteroatoms. The summed E-state index contributed by atoms with van der Waals surface area (Å²) in [5.74, 6) is 1.28. The van der Waals surface area contributed by atoms with E-state index in [4.69, 9.17) is 16.0 Å². The fourth-order valence-corrected chi connectivity index (χ4v) is 0.873. The predicted molar refractivity (Wildman–Crippen MR) is 42.5 cm³/mol. The Kier molecular flexibility index (Phi) is 2.88. The van der Waals surface area contributed by atoms with Crippen LogP contribution in [-0.4, -0.2) is 10.2 Å². The summed E-state index contributed by atoms with van der Waals surface area (Å²) in [6, 6.07) is 0. The zero-order valence-corrected chi connectivity index (χ0v) is 7.43. The number of hydrogen-bond donors (Lipinski definition) is 0. The van der Waals surface area contributed by atoms with E-state index in [-0.39, 0.29) is 5.35 Å². The van der Waals surface area contributed by atoms with E-state index in [1.165, 1.54) is 0 Å². The van der Waals surface area contributed by atoms with E-state index in [1.54, 1.807) is 0 Å². The van der Waals surface area contributed by atoms with E-state index in [1.807, 2.05) is 0 Å². The van der Waals surface area contributed by atoms with Crippen molar-refractivity contribution in [2.24, 2.45) is 5.92 Å². The number of halogens is 1. The molecule has 0 aromatic carbocycles. The summed E-state index contributed by atoms with van der Waals surface area (Å²) in [5.41, 5.74) is 0. The van der Waals surface area contributed by atoms with Gasteiger partial charge in [0.15, 0.2) is 0 Å². The van der Waals surface area contributed by atoms with E-state index >= 15 is 0 Å². The smallest absolute Gasteiger partial charge is 0.312 e. The van der Waals surface area contributed by atoms with Crippen LogP contribution in [0.15, 0.2) is 4.42 Å². The number of nitrogens with zero attached hydrogens (tertiary/aromatic N) is 2. The van der Waals surface area contributed by atoms with E-state index in [9.17, 15) is 0 Å². The van der Waals surface area contributed by atoms with Crippen molar-refractivity contribution in [1.82, 2.24) is 10.2 Å². The zero-order valence-electron chi connectivity index (χ0n) is 6.67. The molecule has 0 saturated carbocycles. The molecule has 0 atom stereocenters. The van der Waals surface area contributed by atoms with Crippen molar-refractivity contribution in [3.63, 3.8) is 0 Å². The fourth-order valence-electron chi connectivity index (χ4n) is 0.746. The fraction of sp³-hybridized carbons (Fsp3) is 0.714. The number of aromatic nitrogens is 2. The number of hydrogen-bond acceptors (Lipinski definition) is 3. The molecule has 0 aliphatic heterocycles. The van der Waals surface area contributed by atoms with Crippen molar-refractivity contribution < 1.29 is 4.42 Å². The zero-order chi connectivity index (χ0) is 8.27. The molecule has 0 spiro atoms. The van der Waals surface area contributed by atoms with E-state index < -0.39 is 0 Å². The van der Waals surface area contributed by atoms with Gasteiger partial charge in [0.2, 0.25) is 5.89 Å². The minimum absolute atomic E-state index is 0.128. The molecule has 0 unspecified atom stereocenters. The molecule has 0 amide bonds. The summed E-state index contributed by atoms with van der Waals surface area (Å²) in [4.78, 5) is 0. The van der Waals surface area contributed by atoms with Crippen molar-refractivity contribution in [3.05, 3.63) is 11.2 Å². The lowest BCUT2D eigenvalue weighted by Crippen LogP contribution is -1.91. The predicted octanol–water partition coefficient (Wildman–Crippen LogP) is 2.31. The van der Waals surface area contributed by atoms with Crippen LogP contribution in [0.1, 0.15) is 26.2 Å². The summed E-state index contributed by atoms with van der Waals surface area (Å²) in [6.45, 7) is 4.30. The second kappa shape index (κ2) is 3.72. The maximum absolute atomic E-state index is 5.44. The summed E-state index contributed by atoms with van der Waals surface area (Å²) in [7, 11) is 0. The Hall–Kier alpha value is -0.570. The molecule has 0 aliphatic rings.